The lowest BCUT2D eigenvalue weighted by atomic mass is 9.97. The summed E-state index contributed by atoms with van der Waals surface area (Å²) in [5.41, 5.74) is 0. The third kappa shape index (κ3) is 3.37. The number of aliphatic carboxylic acids is 1. The highest BCUT2D eigenvalue weighted by atomic mass is 16.4. The van der Waals surface area contributed by atoms with Gasteiger partial charge in [0.1, 0.15) is 0 Å². The summed E-state index contributed by atoms with van der Waals surface area (Å²) in [4.78, 5) is 25.1. The fourth-order valence-electron chi connectivity index (χ4n) is 1.82. The molecular formula is C10H18N2O4. The number of carbonyl (C=O) groups excluding carboxylic acids is 1. The van der Waals surface area contributed by atoms with E-state index in [-0.39, 0.29) is 18.4 Å². The summed E-state index contributed by atoms with van der Waals surface area (Å²) >= 11 is 0. The molecule has 1 aliphatic heterocycles. The highest BCUT2D eigenvalue weighted by Crippen LogP contribution is 2.20. The van der Waals surface area contributed by atoms with Crippen LogP contribution in [-0.2, 0) is 4.79 Å². The summed E-state index contributed by atoms with van der Waals surface area (Å²) in [6, 6.07) is -0.150. The molecule has 1 rings (SSSR count). The van der Waals surface area contributed by atoms with Crippen molar-refractivity contribution in [1.82, 2.24) is 9.80 Å². The van der Waals surface area contributed by atoms with Gasteiger partial charge in [-0.2, -0.15) is 0 Å². The van der Waals surface area contributed by atoms with E-state index >= 15 is 0 Å². The zero-order chi connectivity index (χ0) is 12.3. The quantitative estimate of drug-likeness (QED) is 0.702. The third-order valence-corrected chi connectivity index (χ3v) is 2.56. The van der Waals surface area contributed by atoms with E-state index in [4.69, 9.17) is 10.2 Å². The highest BCUT2D eigenvalue weighted by molar-refractivity contribution is 5.75. The second-order valence-corrected chi connectivity index (χ2v) is 4.38. The van der Waals surface area contributed by atoms with E-state index in [1.54, 1.807) is 18.9 Å². The Bertz CT molecular complexity index is 274. The molecule has 0 bridgehead atoms. The molecule has 1 fully saturated rings. The lowest BCUT2D eigenvalue weighted by Gasteiger charge is -2.40. The molecular weight excluding hydrogens is 212 g/mol. The van der Waals surface area contributed by atoms with Crippen LogP contribution < -0.4 is 0 Å². The van der Waals surface area contributed by atoms with Gasteiger partial charge in [-0.1, -0.05) is 0 Å². The molecule has 92 valence electrons. The van der Waals surface area contributed by atoms with Gasteiger partial charge in [-0.3, -0.25) is 4.79 Å². The molecule has 6 nitrogen and oxygen atoms in total. The van der Waals surface area contributed by atoms with Crippen LogP contribution in [0.15, 0.2) is 0 Å². The van der Waals surface area contributed by atoms with Crippen LogP contribution in [0.25, 0.3) is 0 Å². The van der Waals surface area contributed by atoms with Crippen molar-refractivity contribution in [2.45, 2.75) is 19.4 Å². The average molecular weight is 230 g/mol. The fraction of sp³-hybridized carbons (Fsp3) is 0.800. The predicted octanol–water partition coefficient (Wildman–Crippen LogP) is -0.175. The molecule has 0 aromatic heterocycles. The van der Waals surface area contributed by atoms with Gasteiger partial charge in [0.25, 0.3) is 0 Å². The minimum atomic E-state index is -0.825. The Morgan fingerprint density at radius 2 is 2.06 bits per heavy atom. The van der Waals surface area contributed by atoms with Gasteiger partial charge in [0, 0.05) is 32.6 Å². The zero-order valence-corrected chi connectivity index (χ0v) is 9.59. The van der Waals surface area contributed by atoms with E-state index in [0.717, 1.165) is 0 Å². The maximum atomic E-state index is 11.7. The summed E-state index contributed by atoms with van der Waals surface area (Å²) in [5, 5.41) is 17.7. The first-order chi connectivity index (χ1) is 7.40. The van der Waals surface area contributed by atoms with Gasteiger partial charge in [-0.05, 0) is 6.92 Å². The molecule has 0 aliphatic carbocycles. The molecule has 6 heteroatoms. The summed E-state index contributed by atoms with van der Waals surface area (Å²) in [6.07, 6.45) is -0.436. The Hall–Kier alpha value is -1.30. The first-order valence-electron chi connectivity index (χ1n) is 5.30. The van der Waals surface area contributed by atoms with Crippen molar-refractivity contribution >= 4 is 12.0 Å². The number of hydrogen-bond acceptors (Lipinski definition) is 3. The van der Waals surface area contributed by atoms with Gasteiger partial charge in [0.05, 0.1) is 12.5 Å². The number of urea groups is 1. The van der Waals surface area contributed by atoms with Crippen molar-refractivity contribution in [2.75, 3.05) is 26.7 Å². The van der Waals surface area contributed by atoms with Gasteiger partial charge in [-0.15, -0.1) is 0 Å². The number of nitrogens with zero attached hydrogens (tertiary/aromatic N) is 2. The number of aliphatic hydroxyl groups is 1. The van der Waals surface area contributed by atoms with E-state index in [1.807, 2.05) is 0 Å². The summed E-state index contributed by atoms with van der Waals surface area (Å²) < 4.78 is 0. The van der Waals surface area contributed by atoms with Crippen molar-refractivity contribution in [2.24, 2.45) is 5.92 Å². The molecule has 0 spiro atoms. The fourth-order valence-corrected chi connectivity index (χ4v) is 1.82. The number of likely N-dealkylation sites (N-methyl/N-ethyl adjacent to an activating group) is 1. The molecule has 0 aromatic carbocycles. The molecule has 0 radical (unpaired) electrons. The van der Waals surface area contributed by atoms with Crippen LogP contribution in [-0.4, -0.2) is 64.8 Å². The van der Waals surface area contributed by atoms with Gasteiger partial charge in [0.15, 0.2) is 0 Å². The molecule has 1 saturated heterocycles. The minimum absolute atomic E-state index is 0.0707. The molecule has 0 aromatic rings. The first kappa shape index (κ1) is 12.8. The SMILES string of the molecule is CC(O)CN(C)C(=O)N1CC(CC(=O)O)C1. The molecule has 2 N–H and O–H groups in total. The normalized spacial score (nSPS) is 17.8. The Morgan fingerprint density at radius 1 is 1.50 bits per heavy atom. The smallest absolute Gasteiger partial charge is 0.319 e. The molecule has 1 heterocycles. The molecule has 1 aliphatic rings. The summed E-state index contributed by atoms with van der Waals surface area (Å²) in [6.45, 7) is 2.90. The van der Waals surface area contributed by atoms with Crippen molar-refractivity contribution in [3.8, 4) is 0 Å². The number of carboxylic acids is 1. The van der Waals surface area contributed by atoms with Crippen molar-refractivity contribution in [3.05, 3.63) is 0 Å². The third-order valence-electron chi connectivity index (χ3n) is 2.56. The Morgan fingerprint density at radius 3 is 2.50 bits per heavy atom. The van der Waals surface area contributed by atoms with Gasteiger partial charge in [0.2, 0.25) is 0 Å². The number of amides is 2. The van der Waals surface area contributed by atoms with Crippen molar-refractivity contribution in [1.29, 1.82) is 0 Å². The monoisotopic (exact) mass is 230 g/mol. The van der Waals surface area contributed by atoms with Crippen LogP contribution in [0.5, 0.6) is 0 Å². The van der Waals surface area contributed by atoms with Crippen LogP contribution >= 0.6 is 0 Å². The predicted molar refractivity (Wildman–Crippen MR) is 57.0 cm³/mol. The molecule has 16 heavy (non-hydrogen) atoms. The van der Waals surface area contributed by atoms with Crippen LogP contribution in [0.2, 0.25) is 0 Å². The number of carbonyl (C=O) groups is 2. The second kappa shape index (κ2) is 5.16. The van der Waals surface area contributed by atoms with E-state index in [1.165, 1.54) is 4.90 Å². The second-order valence-electron chi connectivity index (χ2n) is 4.38. The van der Waals surface area contributed by atoms with Crippen LogP contribution in [0, 0.1) is 5.92 Å². The van der Waals surface area contributed by atoms with Crippen LogP contribution in [0.3, 0.4) is 0 Å². The van der Waals surface area contributed by atoms with Gasteiger partial charge >= 0.3 is 12.0 Å². The minimum Gasteiger partial charge on any atom is -0.481 e. The number of aliphatic hydroxyl groups excluding tert-OH is 1. The van der Waals surface area contributed by atoms with E-state index in [9.17, 15) is 9.59 Å². The first-order valence-corrected chi connectivity index (χ1v) is 5.30. The Kier molecular flexibility index (Phi) is 4.12. The zero-order valence-electron chi connectivity index (χ0n) is 9.59. The Balaban J connectivity index is 2.28. The summed E-state index contributed by atoms with van der Waals surface area (Å²) in [7, 11) is 1.62. The van der Waals surface area contributed by atoms with Crippen LogP contribution in [0.4, 0.5) is 4.79 Å². The number of hydrogen-bond donors (Lipinski definition) is 2. The highest BCUT2D eigenvalue weighted by Gasteiger charge is 2.33. The lowest BCUT2D eigenvalue weighted by molar-refractivity contribution is -0.139. The van der Waals surface area contributed by atoms with Crippen molar-refractivity contribution < 1.29 is 19.8 Å². The van der Waals surface area contributed by atoms with Gasteiger partial charge < -0.3 is 20.0 Å². The van der Waals surface area contributed by atoms with E-state index in [0.29, 0.717) is 19.6 Å². The van der Waals surface area contributed by atoms with E-state index in [2.05, 4.69) is 0 Å². The van der Waals surface area contributed by atoms with Gasteiger partial charge in [-0.25, -0.2) is 4.79 Å². The molecule has 0 saturated carbocycles. The van der Waals surface area contributed by atoms with Crippen LogP contribution in [0.1, 0.15) is 13.3 Å². The topological polar surface area (TPSA) is 81.1 Å². The lowest BCUT2D eigenvalue weighted by Crippen LogP contribution is -2.55. The molecule has 2 amide bonds. The number of carboxylic acid groups (broad SMARTS) is 1. The largest absolute Gasteiger partial charge is 0.481 e. The molecule has 1 atom stereocenters. The average Bonchev–Trinajstić information content (AvgIpc) is 2.07. The van der Waals surface area contributed by atoms with E-state index < -0.39 is 12.1 Å². The standard InChI is InChI=1S/C10H18N2O4/c1-7(13)4-11(2)10(16)12-5-8(6-12)3-9(14)15/h7-8,13H,3-6H2,1-2H3,(H,14,15). The number of likely N-dealkylation sites (tertiary alicyclic amines) is 1. The summed E-state index contributed by atoms with van der Waals surface area (Å²) in [5.74, 6) is -0.754. The maximum Gasteiger partial charge on any atom is 0.319 e. The van der Waals surface area contributed by atoms with Crippen molar-refractivity contribution in [3.63, 3.8) is 0 Å². The maximum absolute atomic E-state index is 11.7. The molecule has 1 unspecified atom stereocenters. The Labute approximate surface area is 94.4 Å². The number of rotatable bonds is 4.